The predicted octanol–water partition coefficient (Wildman–Crippen LogP) is 2.32. The molecule has 1 aliphatic heterocycles. The van der Waals surface area contributed by atoms with E-state index in [-0.39, 0.29) is 16.9 Å². The minimum atomic E-state index is -0.756. The van der Waals surface area contributed by atoms with Gasteiger partial charge in [0.15, 0.2) is 0 Å². The number of aryl methyl sites for hydroxylation is 1. The molecule has 0 radical (unpaired) electrons. The van der Waals surface area contributed by atoms with E-state index in [1.165, 1.54) is 4.88 Å². The monoisotopic (exact) mass is 312 g/mol. The molecule has 0 bridgehead atoms. The lowest BCUT2D eigenvalue weighted by Gasteiger charge is -2.35. The number of carbonyl (C=O) groups is 1. The van der Waals surface area contributed by atoms with Gasteiger partial charge in [-0.25, -0.2) is 0 Å². The van der Waals surface area contributed by atoms with Gasteiger partial charge in [0.2, 0.25) is 5.91 Å². The number of hydrogen-bond donors (Lipinski definition) is 2. The van der Waals surface area contributed by atoms with Gasteiger partial charge in [0, 0.05) is 23.0 Å². The van der Waals surface area contributed by atoms with Crippen molar-refractivity contribution in [2.24, 2.45) is 11.1 Å². The van der Waals surface area contributed by atoms with Gasteiger partial charge in [-0.2, -0.15) is 0 Å². The van der Waals surface area contributed by atoms with Crippen LogP contribution >= 0.6 is 23.6 Å². The fraction of sp³-hybridized carbons (Fsp3) is 0.571. The molecular weight excluding hydrogens is 292 g/mol. The van der Waals surface area contributed by atoms with Gasteiger partial charge in [-0.3, -0.25) is 4.79 Å². The second-order valence-corrected chi connectivity index (χ2v) is 6.96. The number of thiophene rings is 1. The van der Waals surface area contributed by atoms with Crippen LogP contribution in [0, 0.1) is 12.3 Å². The van der Waals surface area contributed by atoms with Gasteiger partial charge in [-0.1, -0.05) is 12.2 Å². The predicted molar refractivity (Wildman–Crippen MR) is 84.9 cm³/mol. The average Bonchev–Trinajstić information content (AvgIpc) is 2.86. The molecule has 110 valence electrons. The third-order valence-corrected chi connectivity index (χ3v) is 5.36. The van der Waals surface area contributed by atoms with Crippen LogP contribution in [0.2, 0.25) is 0 Å². The van der Waals surface area contributed by atoms with Crippen LogP contribution in [0.1, 0.15) is 35.6 Å². The van der Waals surface area contributed by atoms with Crippen molar-refractivity contribution in [2.45, 2.75) is 32.7 Å². The first kappa shape index (κ1) is 15.4. The number of rotatable bonds is 4. The number of amides is 1. The summed E-state index contributed by atoms with van der Waals surface area (Å²) >= 11 is 6.83. The Balaban J connectivity index is 2.11. The Morgan fingerprint density at radius 1 is 1.50 bits per heavy atom. The van der Waals surface area contributed by atoms with E-state index in [2.05, 4.69) is 18.3 Å². The van der Waals surface area contributed by atoms with Crippen LogP contribution in [-0.2, 0) is 9.53 Å². The quantitative estimate of drug-likeness (QED) is 0.838. The maximum absolute atomic E-state index is 12.6. The molecule has 0 aliphatic carbocycles. The second-order valence-electron chi connectivity index (χ2n) is 5.20. The Kier molecular flexibility index (Phi) is 4.78. The number of thiocarbonyl (C=S) groups is 1. The Labute approximate surface area is 128 Å². The van der Waals surface area contributed by atoms with Crippen molar-refractivity contribution in [1.29, 1.82) is 0 Å². The van der Waals surface area contributed by atoms with Crippen molar-refractivity contribution >= 4 is 34.5 Å². The number of nitrogens with one attached hydrogen (secondary N) is 1. The molecule has 1 atom stereocenters. The lowest BCUT2D eigenvalue weighted by Crippen LogP contribution is -2.52. The maximum atomic E-state index is 12.6. The van der Waals surface area contributed by atoms with Crippen molar-refractivity contribution in [2.75, 3.05) is 13.2 Å². The van der Waals surface area contributed by atoms with Crippen LogP contribution in [0.5, 0.6) is 0 Å². The fourth-order valence-electron chi connectivity index (χ4n) is 2.40. The Bertz CT molecular complexity index is 507. The van der Waals surface area contributed by atoms with Crippen LogP contribution in [0.15, 0.2) is 12.1 Å². The zero-order valence-corrected chi connectivity index (χ0v) is 13.4. The molecule has 1 aromatic heterocycles. The van der Waals surface area contributed by atoms with E-state index < -0.39 is 5.41 Å². The molecule has 0 aromatic carbocycles. The highest BCUT2D eigenvalue weighted by molar-refractivity contribution is 7.80. The van der Waals surface area contributed by atoms with E-state index >= 15 is 0 Å². The van der Waals surface area contributed by atoms with Crippen LogP contribution in [0.4, 0.5) is 0 Å². The van der Waals surface area contributed by atoms with Gasteiger partial charge in [0.05, 0.1) is 11.0 Å². The second kappa shape index (κ2) is 6.20. The van der Waals surface area contributed by atoms with Crippen molar-refractivity contribution in [3.05, 3.63) is 21.9 Å². The van der Waals surface area contributed by atoms with E-state index in [9.17, 15) is 4.79 Å². The molecule has 1 aromatic rings. The first-order chi connectivity index (χ1) is 9.45. The summed E-state index contributed by atoms with van der Waals surface area (Å²) in [5.41, 5.74) is 5.08. The standard InChI is InChI=1S/C14H20N2O2S2/c1-9-3-4-11(20-9)10(2)16-13(17)14(12(15)19)5-7-18-8-6-14/h3-4,10H,5-8H2,1-2H3,(H2,15,19)(H,16,17). The summed E-state index contributed by atoms with van der Waals surface area (Å²) in [6.45, 7) is 5.09. The van der Waals surface area contributed by atoms with Gasteiger partial charge in [0.1, 0.15) is 5.41 Å². The van der Waals surface area contributed by atoms with Crippen molar-refractivity contribution < 1.29 is 9.53 Å². The minimum Gasteiger partial charge on any atom is -0.392 e. The summed E-state index contributed by atoms with van der Waals surface area (Å²) in [4.78, 5) is 15.3. The average molecular weight is 312 g/mol. The van der Waals surface area contributed by atoms with Gasteiger partial charge in [0.25, 0.3) is 0 Å². The summed E-state index contributed by atoms with van der Waals surface area (Å²) < 4.78 is 5.32. The minimum absolute atomic E-state index is 0.0322. The first-order valence-corrected chi connectivity index (χ1v) is 7.93. The van der Waals surface area contributed by atoms with Crippen LogP contribution in [0.3, 0.4) is 0 Å². The van der Waals surface area contributed by atoms with Crippen molar-refractivity contribution in [3.8, 4) is 0 Å². The highest BCUT2D eigenvalue weighted by Gasteiger charge is 2.43. The topological polar surface area (TPSA) is 64.4 Å². The third kappa shape index (κ3) is 3.02. The van der Waals surface area contributed by atoms with Crippen molar-refractivity contribution in [3.63, 3.8) is 0 Å². The zero-order valence-electron chi connectivity index (χ0n) is 11.8. The summed E-state index contributed by atoms with van der Waals surface area (Å²) in [6, 6.07) is 4.07. The SMILES string of the molecule is Cc1ccc(C(C)NC(=O)C2(C(N)=S)CCOCC2)s1. The lowest BCUT2D eigenvalue weighted by molar-refractivity contribution is -0.132. The van der Waals surface area contributed by atoms with E-state index in [4.69, 9.17) is 22.7 Å². The Hall–Kier alpha value is -0.980. The molecule has 1 saturated heterocycles. The molecule has 3 N–H and O–H groups in total. The van der Waals surface area contributed by atoms with Crippen LogP contribution in [-0.4, -0.2) is 24.1 Å². The molecule has 0 spiro atoms. The Morgan fingerprint density at radius 2 is 2.15 bits per heavy atom. The molecule has 1 amide bonds. The number of ether oxygens (including phenoxy) is 1. The molecule has 6 heteroatoms. The molecule has 20 heavy (non-hydrogen) atoms. The molecule has 1 fully saturated rings. The number of nitrogens with two attached hydrogens (primary N) is 1. The number of hydrogen-bond acceptors (Lipinski definition) is 4. The van der Waals surface area contributed by atoms with E-state index in [1.807, 2.05) is 13.0 Å². The Morgan fingerprint density at radius 3 is 2.65 bits per heavy atom. The molecule has 2 heterocycles. The fourth-order valence-corrected chi connectivity index (χ4v) is 3.57. The highest BCUT2D eigenvalue weighted by Crippen LogP contribution is 2.32. The lowest BCUT2D eigenvalue weighted by atomic mass is 9.79. The third-order valence-electron chi connectivity index (χ3n) is 3.79. The van der Waals surface area contributed by atoms with Crippen molar-refractivity contribution in [1.82, 2.24) is 5.32 Å². The normalized spacial score (nSPS) is 19.3. The van der Waals surface area contributed by atoms with Gasteiger partial charge >= 0.3 is 0 Å². The summed E-state index contributed by atoms with van der Waals surface area (Å²) in [5, 5.41) is 3.05. The highest BCUT2D eigenvalue weighted by atomic mass is 32.1. The van der Waals surface area contributed by atoms with E-state index in [0.717, 1.165) is 4.88 Å². The zero-order chi connectivity index (χ0) is 14.8. The van der Waals surface area contributed by atoms with Gasteiger partial charge in [-0.05, 0) is 38.8 Å². The molecule has 1 unspecified atom stereocenters. The molecule has 4 nitrogen and oxygen atoms in total. The summed E-state index contributed by atoms with van der Waals surface area (Å²) in [5.74, 6) is -0.0770. The molecule has 2 rings (SSSR count). The summed E-state index contributed by atoms with van der Waals surface area (Å²) in [6.07, 6.45) is 1.12. The molecule has 1 aliphatic rings. The van der Waals surface area contributed by atoms with Gasteiger partial charge in [-0.15, -0.1) is 11.3 Å². The van der Waals surface area contributed by atoms with Crippen LogP contribution < -0.4 is 11.1 Å². The van der Waals surface area contributed by atoms with E-state index in [1.54, 1.807) is 11.3 Å². The largest absolute Gasteiger partial charge is 0.392 e. The maximum Gasteiger partial charge on any atom is 0.233 e. The van der Waals surface area contributed by atoms with E-state index in [0.29, 0.717) is 26.1 Å². The first-order valence-electron chi connectivity index (χ1n) is 6.71. The smallest absolute Gasteiger partial charge is 0.233 e. The van der Waals surface area contributed by atoms with Gasteiger partial charge < -0.3 is 15.8 Å². The molecule has 0 saturated carbocycles. The number of carbonyl (C=O) groups excluding carboxylic acids is 1. The summed E-state index contributed by atoms with van der Waals surface area (Å²) in [7, 11) is 0. The van der Waals surface area contributed by atoms with Crippen LogP contribution in [0.25, 0.3) is 0 Å². The molecular formula is C14H20N2O2S2.